The highest BCUT2D eigenvalue weighted by atomic mass is 16.3. The molecule has 0 unspecified atom stereocenters. The minimum Gasteiger partial charge on any atom is -0.507 e. The van der Waals surface area contributed by atoms with Gasteiger partial charge in [0.05, 0.1) is 5.56 Å². The van der Waals surface area contributed by atoms with E-state index in [4.69, 9.17) is 5.41 Å². The fourth-order valence-corrected chi connectivity index (χ4v) is 5.63. The Balaban J connectivity index is 2.27. The van der Waals surface area contributed by atoms with Crippen molar-refractivity contribution >= 4 is 34.0 Å². The lowest BCUT2D eigenvalue weighted by Crippen LogP contribution is -2.01. The van der Waals surface area contributed by atoms with Crippen LogP contribution in [0, 0.1) is 19.3 Å². The molecule has 4 rings (SSSR count). The number of hydrogen-bond acceptors (Lipinski definition) is 8. The van der Waals surface area contributed by atoms with Crippen LogP contribution in [0.2, 0.25) is 0 Å². The lowest BCUT2D eigenvalue weighted by atomic mass is 9.83. The van der Waals surface area contributed by atoms with Gasteiger partial charge in [0.2, 0.25) is 0 Å². The van der Waals surface area contributed by atoms with Crippen LogP contribution in [0.1, 0.15) is 77.7 Å². The molecule has 198 valence electrons. The first-order valence-electron chi connectivity index (χ1n) is 12.2. The number of aryl methyl sites for hydroxylation is 2. The van der Waals surface area contributed by atoms with Gasteiger partial charge >= 0.3 is 0 Å². The maximum absolute atomic E-state index is 12.0. The summed E-state index contributed by atoms with van der Waals surface area (Å²) in [5.74, 6) is -3.17. The van der Waals surface area contributed by atoms with Gasteiger partial charge < -0.3 is 36.0 Å². The lowest BCUT2D eigenvalue weighted by molar-refractivity contribution is 0.112. The number of aldehydes is 1. The van der Waals surface area contributed by atoms with E-state index in [1.54, 1.807) is 39.8 Å². The van der Waals surface area contributed by atoms with E-state index in [0.29, 0.717) is 39.3 Å². The normalized spacial score (nSPS) is 11.7. The van der Waals surface area contributed by atoms with E-state index in [1.165, 1.54) is 0 Å². The predicted octanol–water partition coefficient (Wildman–Crippen LogP) is 6.57. The van der Waals surface area contributed by atoms with Crippen LogP contribution in [0.25, 0.3) is 32.7 Å². The van der Waals surface area contributed by atoms with Crippen molar-refractivity contribution in [3.8, 4) is 45.6 Å². The quantitative estimate of drug-likeness (QED) is 0.0894. The standard InChI is InChI=1S/C30H31NO7/c1-11(2)19-15-7-13(5)21(27(35)23(15)17(9-31)25(33)29(19)37)22-14(6)8-16-20(12(3)4)30(38)26(34)18(10-32)24(16)28(22)36/h7-12,31,33-38H,1-6H3. The Kier molecular flexibility index (Phi) is 6.39. The highest BCUT2D eigenvalue weighted by Crippen LogP contribution is 2.54. The van der Waals surface area contributed by atoms with Gasteiger partial charge in [-0.25, -0.2) is 0 Å². The molecule has 0 atom stereocenters. The topological polar surface area (TPSA) is 162 Å². The minimum atomic E-state index is -0.645. The summed E-state index contributed by atoms with van der Waals surface area (Å²) in [4.78, 5) is 12.0. The SMILES string of the molecule is Cc1cc2c(C(C)C)c(O)c(O)c(C=N)c2c(O)c1-c1c(C)cc2c(C(C)C)c(O)c(O)c(C=O)c2c1O. The third-order valence-corrected chi connectivity index (χ3v) is 7.25. The maximum Gasteiger partial charge on any atom is 0.169 e. The van der Waals surface area contributed by atoms with E-state index in [1.807, 2.05) is 13.8 Å². The van der Waals surface area contributed by atoms with Gasteiger partial charge in [-0.05, 0) is 47.6 Å². The fourth-order valence-electron chi connectivity index (χ4n) is 5.63. The highest BCUT2D eigenvalue weighted by Gasteiger charge is 2.29. The molecule has 4 aromatic rings. The highest BCUT2D eigenvalue weighted by molar-refractivity contribution is 6.14. The summed E-state index contributed by atoms with van der Waals surface area (Å²) in [5.41, 5.74) is 1.81. The molecule has 8 heteroatoms. The molecule has 0 heterocycles. The number of carbonyl (C=O) groups excluding carboxylic acids is 1. The van der Waals surface area contributed by atoms with Crippen molar-refractivity contribution in [2.75, 3.05) is 0 Å². The average molecular weight is 518 g/mol. The number of phenolic OH excluding ortho intramolecular Hbond substituents is 6. The van der Waals surface area contributed by atoms with Gasteiger partial charge in [0.1, 0.15) is 11.5 Å². The summed E-state index contributed by atoms with van der Waals surface area (Å²) in [6.07, 6.45) is 1.20. The maximum atomic E-state index is 12.0. The second-order valence-corrected chi connectivity index (χ2v) is 10.3. The summed E-state index contributed by atoms with van der Waals surface area (Å²) in [5, 5.41) is 74.7. The lowest BCUT2D eigenvalue weighted by Gasteiger charge is -2.23. The second kappa shape index (κ2) is 9.13. The average Bonchev–Trinajstić information content (AvgIpc) is 2.83. The first kappa shape index (κ1) is 26.6. The van der Waals surface area contributed by atoms with Crippen molar-refractivity contribution in [3.05, 3.63) is 45.5 Å². The smallest absolute Gasteiger partial charge is 0.169 e. The third kappa shape index (κ3) is 3.51. The summed E-state index contributed by atoms with van der Waals surface area (Å²) < 4.78 is 0. The Hall–Kier alpha value is -4.46. The number of carbonyl (C=O) groups is 1. The van der Waals surface area contributed by atoms with Gasteiger partial charge in [-0.1, -0.05) is 39.8 Å². The molecule has 8 nitrogen and oxygen atoms in total. The molecule has 0 radical (unpaired) electrons. The predicted molar refractivity (Wildman–Crippen MR) is 148 cm³/mol. The zero-order chi connectivity index (χ0) is 28.4. The van der Waals surface area contributed by atoms with Crippen LogP contribution in [0.15, 0.2) is 12.1 Å². The third-order valence-electron chi connectivity index (χ3n) is 7.25. The van der Waals surface area contributed by atoms with Crippen LogP contribution in [-0.4, -0.2) is 43.1 Å². The van der Waals surface area contributed by atoms with Gasteiger partial charge in [-0.2, -0.15) is 0 Å². The monoisotopic (exact) mass is 517 g/mol. The van der Waals surface area contributed by atoms with Gasteiger partial charge in [0.25, 0.3) is 0 Å². The number of aromatic hydroxyl groups is 6. The molecule has 0 spiro atoms. The van der Waals surface area contributed by atoms with Crippen molar-refractivity contribution in [1.82, 2.24) is 0 Å². The molecule has 0 aliphatic heterocycles. The number of nitrogens with one attached hydrogen (secondary N) is 1. The van der Waals surface area contributed by atoms with Crippen LogP contribution in [0.3, 0.4) is 0 Å². The van der Waals surface area contributed by atoms with E-state index in [0.717, 1.165) is 6.21 Å². The zero-order valence-corrected chi connectivity index (χ0v) is 22.1. The number of rotatable bonds is 5. The molecule has 0 fully saturated rings. The molecule has 38 heavy (non-hydrogen) atoms. The van der Waals surface area contributed by atoms with Crippen molar-refractivity contribution in [1.29, 1.82) is 5.41 Å². The second-order valence-electron chi connectivity index (χ2n) is 10.3. The molecule has 0 saturated heterocycles. The first-order valence-corrected chi connectivity index (χ1v) is 12.2. The van der Waals surface area contributed by atoms with Crippen LogP contribution >= 0.6 is 0 Å². The van der Waals surface area contributed by atoms with Crippen LogP contribution in [0.5, 0.6) is 34.5 Å². The van der Waals surface area contributed by atoms with Gasteiger partial charge in [-0.3, -0.25) is 4.79 Å². The Bertz CT molecular complexity index is 1560. The van der Waals surface area contributed by atoms with E-state index in [-0.39, 0.29) is 62.1 Å². The molecule has 0 amide bonds. The van der Waals surface area contributed by atoms with Gasteiger partial charge in [0.15, 0.2) is 29.3 Å². The molecule has 7 N–H and O–H groups in total. The molecule has 0 aromatic heterocycles. The fraction of sp³-hybridized carbons (Fsp3) is 0.267. The summed E-state index contributed by atoms with van der Waals surface area (Å²) in [6.45, 7) is 10.7. The van der Waals surface area contributed by atoms with Crippen LogP contribution < -0.4 is 0 Å². The first-order chi connectivity index (χ1) is 17.8. The zero-order valence-electron chi connectivity index (χ0n) is 22.1. The van der Waals surface area contributed by atoms with Crippen molar-refractivity contribution in [2.24, 2.45) is 0 Å². The summed E-state index contributed by atoms with van der Waals surface area (Å²) >= 11 is 0. The summed E-state index contributed by atoms with van der Waals surface area (Å²) in [6, 6.07) is 3.39. The largest absolute Gasteiger partial charge is 0.507 e. The van der Waals surface area contributed by atoms with E-state index < -0.39 is 17.2 Å². The minimum absolute atomic E-state index is 0.0298. The molecule has 4 aromatic carbocycles. The van der Waals surface area contributed by atoms with Crippen molar-refractivity contribution in [3.63, 3.8) is 0 Å². The molecular weight excluding hydrogens is 486 g/mol. The Labute approximate surface area is 219 Å². The molecule has 0 saturated carbocycles. The van der Waals surface area contributed by atoms with Crippen molar-refractivity contribution in [2.45, 2.75) is 53.4 Å². The Morgan fingerprint density at radius 3 is 1.34 bits per heavy atom. The van der Waals surface area contributed by atoms with E-state index in [9.17, 15) is 35.4 Å². The Morgan fingerprint density at radius 2 is 1.00 bits per heavy atom. The number of benzene rings is 4. The number of phenols is 6. The Morgan fingerprint density at radius 1 is 0.632 bits per heavy atom. The number of hydrogen-bond donors (Lipinski definition) is 7. The molecule has 0 bridgehead atoms. The molecular formula is C30H31NO7. The van der Waals surface area contributed by atoms with Crippen LogP contribution in [-0.2, 0) is 0 Å². The molecule has 0 aliphatic carbocycles. The van der Waals surface area contributed by atoms with E-state index >= 15 is 0 Å². The van der Waals surface area contributed by atoms with E-state index in [2.05, 4.69) is 0 Å². The van der Waals surface area contributed by atoms with Crippen LogP contribution in [0.4, 0.5) is 0 Å². The van der Waals surface area contributed by atoms with Crippen molar-refractivity contribution < 1.29 is 35.4 Å². The van der Waals surface area contributed by atoms with Gasteiger partial charge in [0, 0.05) is 44.8 Å². The molecule has 0 aliphatic rings. The van der Waals surface area contributed by atoms with Gasteiger partial charge in [-0.15, -0.1) is 0 Å². The number of fused-ring (bicyclic) bond motifs is 2. The summed E-state index contributed by atoms with van der Waals surface area (Å²) in [7, 11) is 0.